The Morgan fingerprint density at radius 1 is 1.35 bits per heavy atom. The average molecular weight is 303 g/mol. The van der Waals surface area contributed by atoms with E-state index in [1.54, 1.807) is 0 Å². The number of methoxy groups -OCH3 is 1. The van der Waals surface area contributed by atoms with Crippen LogP contribution in [0.1, 0.15) is 6.42 Å². The third kappa shape index (κ3) is 4.80. The summed E-state index contributed by atoms with van der Waals surface area (Å²) in [6, 6.07) is 5.78. The quantitative estimate of drug-likeness (QED) is 0.626. The van der Waals surface area contributed by atoms with Crippen LogP contribution in [0, 0.1) is 5.92 Å². The number of aliphatic hydroxyl groups excluding tert-OH is 1. The summed E-state index contributed by atoms with van der Waals surface area (Å²) in [5, 5.41) is 17.6. The van der Waals surface area contributed by atoms with Crippen LogP contribution in [0.4, 0.5) is 0 Å². The van der Waals surface area contributed by atoms with Crippen molar-refractivity contribution in [3.63, 3.8) is 0 Å². The molecule has 0 amide bonds. The first kappa shape index (κ1) is 16.4. The van der Waals surface area contributed by atoms with Crippen LogP contribution in [0.25, 0.3) is 0 Å². The van der Waals surface area contributed by atoms with Gasteiger partial charge in [0.2, 0.25) is 10.0 Å². The standard InChI is InChI=1S/C12H17NO6S/c1-19-10-2-4-11(5-3-10)20(17,18)13-7-9(8-14)6-12(15)16/h2-5,9,13-14H,6-8H2,1H3,(H,15,16). The van der Waals surface area contributed by atoms with Gasteiger partial charge in [-0.1, -0.05) is 0 Å². The van der Waals surface area contributed by atoms with Gasteiger partial charge < -0.3 is 14.9 Å². The molecule has 1 aromatic rings. The number of carboxylic acids is 1. The lowest BCUT2D eigenvalue weighted by Crippen LogP contribution is -2.32. The summed E-state index contributed by atoms with van der Waals surface area (Å²) < 4.78 is 31.1. The van der Waals surface area contributed by atoms with Crippen LogP contribution in [0.3, 0.4) is 0 Å². The molecular weight excluding hydrogens is 286 g/mol. The molecular formula is C12H17NO6S. The van der Waals surface area contributed by atoms with Gasteiger partial charge in [0.1, 0.15) is 5.75 Å². The molecule has 0 radical (unpaired) electrons. The minimum absolute atomic E-state index is 0.0466. The molecule has 7 nitrogen and oxygen atoms in total. The van der Waals surface area contributed by atoms with Gasteiger partial charge in [-0.3, -0.25) is 4.79 Å². The van der Waals surface area contributed by atoms with Crippen LogP contribution in [-0.4, -0.2) is 44.9 Å². The van der Waals surface area contributed by atoms with Crippen molar-refractivity contribution in [1.29, 1.82) is 0 Å². The molecule has 0 aliphatic heterocycles. The molecule has 0 fully saturated rings. The first-order chi connectivity index (χ1) is 9.39. The van der Waals surface area contributed by atoms with Gasteiger partial charge >= 0.3 is 5.97 Å². The summed E-state index contributed by atoms with van der Waals surface area (Å²) in [6.45, 7) is -0.547. The minimum Gasteiger partial charge on any atom is -0.497 e. The second kappa shape index (κ2) is 7.22. The molecule has 0 spiro atoms. The van der Waals surface area contributed by atoms with Crippen LogP contribution in [-0.2, 0) is 14.8 Å². The van der Waals surface area contributed by atoms with Crippen molar-refractivity contribution in [2.45, 2.75) is 11.3 Å². The second-order valence-electron chi connectivity index (χ2n) is 4.17. The van der Waals surface area contributed by atoms with Crippen molar-refractivity contribution in [3.05, 3.63) is 24.3 Å². The van der Waals surface area contributed by atoms with Crippen molar-refractivity contribution in [1.82, 2.24) is 4.72 Å². The predicted molar refractivity (Wildman–Crippen MR) is 71.0 cm³/mol. The zero-order valence-corrected chi connectivity index (χ0v) is 11.8. The van der Waals surface area contributed by atoms with Gasteiger partial charge in [0, 0.05) is 19.1 Å². The summed E-state index contributed by atoms with van der Waals surface area (Å²) in [5.41, 5.74) is 0. The summed E-state index contributed by atoms with van der Waals surface area (Å²) in [4.78, 5) is 10.6. The number of nitrogens with one attached hydrogen (secondary N) is 1. The smallest absolute Gasteiger partial charge is 0.303 e. The molecule has 0 aliphatic carbocycles. The largest absolute Gasteiger partial charge is 0.497 e. The third-order valence-corrected chi connectivity index (χ3v) is 4.09. The molecule has 8 heteroatoms. The number of rotatable bonds is 8. The fourth-order valence-electron chi connectivity index (χ4n) is 1.51. The zero-order chi connectivity index (χ0) is 15.2. The van der Waals surface area contributed by atoms with Gasteiger partial charge in [-0.25, -0.2) is 13.1 Å². The molecule has 0 bridgehead atoms. The van der Waals surface area contributed by atoms with E-state index in [2.05, 4.69) is 4.72 Å². The van der Waals surface area contributed by atoms with E-state index in [0.717, 1.165) is 0 Å². The Labute approximate surface area is 117 Å². The fraction of sp³-hybridized carbons (Fsp3) is 0.417. The molecule has 0 aliphatic rings. The molecule has 112 valence electrons. The number of aliphatic carboxylic acids is 1. The van der Waals surface area contributed by atoms with Crippen LogP contribution < -0.4 is 9.46 Å². The van der Waals surface area contributed by atoms with Crippen molar-refractivity contribution in [2.24, 2.45) is 5.92 Å². The average Bonchev–Trinajstić information content (AvgIpc) is 2.43. The molecule has 0 heterocycles. The second-order valence-corrected chi connectivity index (χ2v) is 5.94. The Hall–Kier alpha value is -1.64. The number of sulfonamides is 1. The van der Waals surface area contributed by atoms with Crippen LogP contribution >= 0.6 is 0 Å². The Balaban J connectivity index is 2.71. The molecule has 0 saturated heterocycles. The lowest BCUT2D eigenvalue weighted by Gasteiger charge is -2.13. The number of hydrogen-bond donors (Lipinski definition) is 3. The molecule has 20 heavy (non-hydrogen) atoms. The number of aliphatic hydroxyl groups is 1. The summed E-state index contributed by atoms with van der Waals surface area (Å²) in [5.74, 6) is -1.23. The van der Waals surface area contributed by atoms with Crippen molar-refractivity contribution < 1.29 is 28.2 Å². The van der Waals surface area contributed by atoms with Crippen LogP contribution in [0.5, 0.6) is 5.75 Å². The van der Waals surface area contributed by atoms with Gasteiger partial charge in [-0.15, -0.1) is 0 Å². The van der Waals surface area contributed by atoms with Gasteiger partial charge in [-0.05, 0) is 24.3 Å². The fourth-order valence-corrected chi connectivity index (χ4v) is 2.63. The van der Waals surface area contributed by atoms with Crippen molar-refractivity contribution in [3.8, 4) is 5.75 Å². The maximum atomic E-state index is 12.0. The van der Waals surface area contributed by atoms with E-state index in [9.17, 15) is 13.2 Å². The first-order valence-electron chi connectivity index (χ1n) is 5.85. The monoisotopic (exact) mass is 303 g/mol. The van der Waals surface area contributed by atoms with E-state index >= 15 is 0 Å². The van der Waals surface area contributed by atoms with Crippen molar-refractivity contribution >= 4 is 16.0 Å². The molecule has 3 N–H and O–H groups in total. The normalized spacial score (nSPS) is 12.9. The summed E-state index contributed by atoms with van der Waals surface area (Å²) >= 11 is 0. The van der Waals surface area contributed by atoms with E-state index in [-0.39, 0.29) is 17.9 Å². The van der Waals surface area contributed by atoms with E-state index in [1.165, 1.54) is 31.4 Å². The van der Waals surface area contributed by atoms with E-state index < -0.39 is 28.5 Å². The molecule has 1 atom stereocenters. The Bertz CT molecular complexity index is 540. The molecule has 0 saturated carbocycles. The number of carboxylic acid groups (broad SMARTS) is 1. The SMILES string of the molecule is COc1ccc(S(=O)(=O)NCC(CO)CC(=O)O)cc1. The maximum Gasteiger partial charge on any atom is 0.303 e. The minimum atomic E-state index is -3.74. The van der Waals surface area contributed by atoms with Crippen LogP contribution in [0.15, 0.2) is 29.2 Å². The first-order valence-corrected chi connectivity index (χ1v) is 7.33. The summed E-state index contributed by atoms with van der Waals surface area (Å²) in [7, 11) is -2.26. The van der Waals surface area contributed by atoms with E-state index in [1.807, 2.05) is 0 Å². The van der Waals surface area contributed by atoms with E-state index in [4.69, 9.17) is 14.9 Å². The van der Waals surface area contributed by atoms with Crippen LogP contribution in [0.2, 0.25) is 0 Å². The summed E-state index contributed by atoms with van der Waals surface area (Å²) in [6.07, 6.45) is -0.304. The van der Waals surface area contributed by atoms with E-state index in [0.29, 0.717) is 5.75 Å². The maximum absolute atomic E-state index is 12.0. The van der Waals surface area contributed by atoms with Gasteiger partial charge in [0.05, 0.1) is 18.4 Å². The lowest BCUT2D eigenvalue weighted by molar-refractivity contribution is -0.138. The highest BCUT2D eigenvalue weighted by Crippen LogP contribution is 2.15. The number of hydrogen-bond acceptors (Lipinski definition) is 5. The van der Waals surface area contributed by atoms with Gasteiger partial charge in [0.25, 0.3) is 0 Å². The Morgan fingerprint density at radius 2 is 1.95 bits per heavy atom. The molecule has 1 unspecified atom stereocenters. The molecule has 1 aromatic carbocycles. The van der Waals surface area contributed by atoms with Gasteiger partial charge in [-0.2, -0.15) is 0 Å². The number of benzene rings is 1. The Kier molecular flexibility index (Phi) is 5.93. The third-order valence-electron chi connectivity index (χ3n) is 2.65. The highest BCUT2D eigenvalue weighted by molar-refractivity contribution is 7.89. The number of ether oxygens (including phenoxy) is 1. The molecule has 1 rings (SSSR count). The predicted octanol–water partition coefficient (Wildman–Crippen LogP) is 0.0567. The molecule has 0 aromatic heterocycles. The Morgan fingerprint density at radius 3 is 2.40 bits per heavy atom. The zero-order valence-electron chi connectivity index (χ0n) is 10.9. The van der Waals surface area contributed by atoms with Crippen molar-refractivity contribution in [2.75, 3.05) is 20.3 Å². The topological polar surface area (TPSA) is 113 Å². The van der Waals surface area contributed by atoms with Gasteiger partial charge in [0.15, 0.2) is 0 Å². The lowest BCUT2D eigenvalue weighted by atomic mass is 10.1. The highest BCUT2D eigenvalue weighted by Gasteiger charge is 2.18. The number of carbonyl (C=O) groups is 1. The highest BCUT2D eigenvalue weighted by atomic mass is 32.2.